The lowest BCUT2D eigenvalue weighted by Gasteiger charge is -2.38. The van der Waals surface area contributed by atoms with Crippen LogP contribution in [0.2, 0.25) is 10.0 Å². The van der Waals surface area contributed by atoms with E-state index in [9.17, 15) is 5.11 Å². The molecule has 0 radical (unpaired) electrons. The number of unbranched alkanes of at least 4 members (excludes halogenated alkanes) is 1. The Balaban J connectivity index is 1.69. The molecule has 0 fully saturated rings. The number of rotatable bonds is 5. The Morgan fingerprint density at radius 3 is 2.85 bits per heavy atom. The van der Waals surface area contributed by atoms with E-state index in [2.05, 4.69) is 36.5 Å². The highest BCUT2D eigenvalue weighted by Crippen LogP contribution is 2.52. The molecule has 3 atom stereocenters. The average Bonchev–Trinajstić information content (AvgIpc) is 3.14. The van der Waals surface area contributed by atoms with Crippen molar-refractivity contribution in [2.24, 2.45) is 5.92 Å². The Morgan fingerprint density at radius 2 is 2.04 bits per heavy atom. The summed E-state index contributed by atoms with van der Waals surface area (Å²) in [5.41, 5.74) is 3.05. The SMILES string of the molecule is CCCCOc1ccc2c(c1)C1C=CCC1C(c1cc(Cl)cc(Cl)c1O)N2. The summed E-state index contributed by atoms with van der Waals surface area (Å²) < 4.78 is 5.90. The van der Waals surface area contributed by atoms with Crippen molar-refractivity contribution in [3.05, 3.63) is 63.7 Å². The van der Waals surface area contributed by atoms with Crippen LogP contribution in [-0.4, -0.2) is 11.7 Å². The van der Waals surface area contributed by atoms with Crippen LogP contribution in [0.3, 0.4) is 0 Å². The van der Waals surface area contributed by atoms with Crippen molar-refractivity contribution >= 4 is 28.9 Å². The normalized spacial score (nSPS) is 22.9. The minimum absolute atomic E-state index is 0.0550. The number of hydrogen-bond acceptors (Lipinski definition) is 3. The van der Waals surface area contributed by atoms with Crippen molar-refractivity contribution in [1.82, 2.24) is 0 Å². The van der Waals surface area contributed by atoms with E-state index in [1.54, 1.807) is 6.07 Å². The number of benzene rings is 2. The first-order chi connectivity index (χ1) is 13.1. The van der Waals surface area contributed by atoms with Gasteiger partial charge in [-0.05, 0) is 54.7 Å². The van der Waals surface area contributed by atoms with Crippen molar-refractivity contribution in [2.45, 2.75) is 38.1 Å². The first-order valence-corrected chi connectivity index (χ1v) is 10.2. The minimum Gasteiger partial charge on any atom is -0.506 e. The molecule has 2 aromatic carbocycles. The molecule has 1 aliphatic heterocycles. The van der Waals surface area contributed by atoms with Crippen LogP contribution >= 0.6 is 23.2 Å². The number of aromatic hydroxyl groups is 1. The quantitative estimate of drug-likeness (QED) is 0.430. The fraction of sp³-hybridized carbons (Fsp3) is 0.364. The van der Waals surface area contributed by atoms with Crippen LogP contribution in [0, 0.1) is 5.92 Å². The predicted octanol–water partition coefficient (Wildman–Crippen LogP) is 6.70. The molecule has 0 amide bonds. The number of nitrogens with one attached hydrogen (secondary N) is 1. The fourth-order valence-electron chi connectivity index (χ4n) is 4.13. The number of phenols is 1. The van der Waals surface area contributed by atoms with Gasteiger partial charge in [0.05, 0.1) is 17.7 Å². The smallest absolute Gasteiger partial charge is 0.139 e. The number of ether oxygens (including phenoxy) is 1. The molecule has 0 saturated carbocycles. The molecule has 0 spiro atoms. The Labute approximate surface area is 170 Å². The van der Waals surface area contributed by atoms with Crippen molar-refractivity contribution in [3.8, 4) is 11.5 Å². The van der Waals surface area contributed by atoms with Gasteiger partial charge in [-0.1, -0.05) is 48.7 Å². The number of fused-ring (bicyclic) bond motifs is 3. The maximum atomic E-state index is 10.5. The molecule has 2 N–H and O–H groups in total. The molecule has 4 rings (SSSR count). The Hall–Kier alpha value is -1.84. The van der Waals surface area contributed by atoms with Crippen LogP contribution in [-0.2, 0) is 0 Å². The molecule has 0 bridgehead atoms. The van der Waals surface area contributed by atoms with Crippen molar-refractivity contribution in [1.29, 1.82) is 0 Å². The molecule has 0 saturated heterocycles. The average molecular weight is 404 g/mol. The second-order valence-corrected chi connectivity index (χ2v) is 8.10. The van der Waals surface area contributed by atoms with E-state index in [0.717, 1.165) is 42.9 Å². The molecule has 3 nitrogen and oxygen atoms in total. The van der Waals surface area contributed by atoms with Gasteiger partial charge in [0.25, 0.3) is 0 Å². The standard InChI is InChI=1S/C22H23Cl2NO2/c1-2-3-9-27-14-7-8-20-17(12-14)15-5-4-6-16(15)21(25-20)18-10-13(23)11-19(24)22(18)26/h4-5,7-8,10-12,15-16,21,25-26H,2-3,6,9H2,1H3. The second kappa shape index (κ2) is 7.65. The Bertz CT molecular complexity index is 881. The molecule has 2 aromatic rings. The molecule has 1 aliphatic carbocycles. The maximum Gasteiger partial charge on any atom is 0.139 e. The number of allylic oxidation sites excluding steroid dienone is 2. The summed E-state index contributed by atoms with van der Waals surface area (Å²) in [5.74, 6) is 1.59. The zero-order chi connectivity index (χ0) is 19.0. The van der Waals surface area contributed by atoms with E-state index < -0.39 is 0 Å². The molecule has 3 unspecified atom stereocenters. The monoisotopic (exact) mass is 403 g/mol. The maximum absolute atomic E-state index is 10.5. The highest BCUT2D eigenvalue weighted by molar-refractivity contribution is 6.35. The number of halogens is 2. The van der Waals surface area contributed by atoms with E-state index in [-0.39, 0.29) is 22.7 Å². The molecular formula is C22H23Cl2NO2. The van der Waals surface area contributed by atoms with Gasteiger partial charge in [-0.15, -0.1) is 0 Å². The summed E-state index contributed by atoms with van der Waals surface area (Å²) >= 11 is 12.4. The molecule has 5 heteroatoms. The molecule has 1 heterocycles. The zero-order valence-electron chi connectivity index (χ0n) is 15.2. The molecule has 2 aliphatic rings. The second-order valence-electron chi connectivity index (χ2n) is 7.25. The van der Waals surface area contributed by atoms with Gasteiger partial charge in [-0.2, -0.15) is 0 Å². The summed E-state index contributed by atoms with van der Waals surface area (Å²) in [6.45, 7) is 2.90. The van der Waals surface area contributed by atoms with Gasteiger partial charge in [0.1, 0.15) is 11.5 Å². The van der Waals surface area contributed by atoms with Gasteiger partial charge in [-0.25, -0.2) is 0 Å². The van der Waals surface area contributed by atoms with Crippen LogP contribution in [0.4, 0.5) is 5.69 Å². The molecule has 142 valence electrons. The van der Waals surface area contributed by atoms with E-state index in [1.165, 1.54) is 5.56 Å². The third kappa shape index (κ3) is 3.51. The van der Waals surface area contributed by atoms with Crippen molar-refractivity contribution in [2.75, 3.05) is 11.9 Å². The highest BCUT2D eigenvalue weighted by atomic mass is 35.5. The van der Waals surface area contributed by atoms with Gasteiger partial charge in [0, 0.05) is 22.2 Å². The summed E-state index contributed by atoms with van der Waals surface area (Å²) in [5, 5.41) is 15.0. The van der Waals surface area contributed by atoms with Crippen LogP contribution in [0.15, 0.2) is 42.5 Å². The lowest BCUT2D eigenvalue weighted by Crippen LogP contribution is -2.29. The Kier molecular flexibility index (Phi) is 5.25. The first kappa shape index (κ1) is 18.5. The third-order valence-electron chi connectivity index (χ3n) is 5.49. The van der Waals surface area contributed by atoms with Gasteiger partial charge in [0.2, 0.25) is 0 Å². The van der Waals surface area contributed by atoms with Crippen LogP contribution in [0.1, 0.15) is 49.3 Å². The molecule has 0 aromatic heterocycles. The lowest BCUT2D eigenvalue weighted by molar-refractivity contribution is 0.308. The zero-order valence-corrected chi connectivity index (χ0v) is 16.7. The van der Waals surface area contributed by atoms with Crippen LogP contribution in [0.25, 0.3) is 0 Å². The van der Waals surface area contributed by atoms with Gasteiger partial charge in [-0.3, -0.25) is 0 Å². The van der Waals surface area contributed by atoms with E-state index in [1.807, 2.05) is 12.1 Å². The van der Waals surface area contributed by atoms with Gasteiger partial charge < -0.3 is 15.2 Å². The number of hydrogen-bond donors (Lipinski definition) is 2. The third-order valence-corrected chi connectivity index (χ3v) is 6.00. The van der Waals surface area contributed by atoms with Crippen molar-refractivity contribution in [3.63, 3.8) is 0 Å². The summed E-state index contributed by atoms with van der Waals surface area (Å²) in [6, 6.07) is 9.54. The van der Waals surface area contributed by atoms with E-state index in [0.29, 0.717) is 10.9 Å². The lowest BCUT2D eigenvalue weighted by atomic mass is 9.77. The predicted molar refractivity (Wildman–Crippen MR) is 111 cm³/mol. The molecule has 27 heavy (non-hydrogen) atoms. The fourth-order valence-corrected chi connectivity index (χ4v) is 4.64. The van der Waals surface area contributed by atoms with Gasteiger partial charge >= 0.3 is 0 Å². The van der Waals surface area contributed by atoms with E-state index in [4.69, 9.17) is 27.9 Å². The van der Waals surface area contributed by atoms with Crippen LogP contribution in [0.5, 0.6) is 11.5 Å². The minimum atomic E-state index is -0.0550. The first-order valence-electron chi connectivity index (χ1n) is 9.46. The number of phenolic OH excluding ortho intramolecular Hbond substituents is 1. The summed E-state index contributed by atoms with van der Waals surface area (Å²) in [4.78, 5) is 0. The topological polar surface area (TPSA) is 41.5 Å². The van der Waals surface area contributed by atoms with E-state index >= 15 is 0 Å². The van der Waals surface area contributed by atoms with Crippen molar-refractivity contribution < 1.29 is 9.84 Å². The largest absolute Gasteiger partial charge is 0.506 e. The Morgan fingerprint density at radius 1 is 1.19 bits per heavy atom. The van der Waals surface area contributed by atoms with Gasteiger partial charge in [0.15, 0.2) is 0 Å². The van der Waals surface area contributed by atoms with Crippen LogP contribution < -0.4 is 10.1 Å². The molecular weight excluding hydrogens is 381 g/mol. The highest BCUT2D eigenvalue weighted by Gasteiger charge is 2.39. The number of anilines is 1. The summed E-state index contributed by atoms with van der Waals surface area (Å²) in [6.07, 6.45) is 7.58. The summed E-state index contributed by atoms with van der Waals surface area (Å²) in [7, 11) is 0.